The zero-order valence-electron chi connectivity index (χ0n) is 10.5. The molecule has 2 rings (SSSR count). The summed E-state index contributed by atoms with van der Waals surface area (Å²) in [7, 11) is 5.37. The van der Waals surface area contributed by atoms with E-state index in [-0.39, 0.29) is 11.8 Å². The average molecular weight is 246 g/mol. The van der Waals surface area contributed by atoms with Gasteiger partial charge in [0.1, 0.15) is 0 Å². The summed E-state index contributed by atoms with van der Waals surface area (Å²) in [4.78, 5) is 17.4. The van der Waals surface area contributed by atoms with Crippen molar-refractivity contribution < 1.29 is 9.15 Å². The van der Waals surface area contributed by atoms with Crippen LogP contribution in [0.5, 0.6) is 5.88 Å². The van der Waals surface area contributed by atoms with E-state index in [4.69, 9.17) is 9.15 Å². The molecule has 5 nitrogen and oxygen atoms in total. The zero-order chi connectivity index (χ0) is 13.1. The number of hydrogen-bond acceptors (Lipinski definition) is 5. The highest BCUT2D eigenvalue weighted by molar-refractivity contribution is 5.59. The van der Waals surface area contributed by atoms with Gasteiger partial charge < -0.3 is 14.1 Å². The number of hydrogen-bond donors (Lipinski definition) is 0. The molecule has 0 aliphatic heterocycles. The lowest BCUT2D eigenvalue weighted by atomic mass is 10.2. The number of ether oxygens (including phenoxy) is 1. The largest absolute Gasteiger partial charge is 0.481 e. The van der Waals surface area contributed by atoms with E-state index in [1.54, 1.807) is 0 Å². The van der Waals surface area contributed by atoms with Gasteiger partial charge in [-0.15, -0.1) is 0 Å². The highest BCUT2D eigenvalue weighted by Crippen LogP contribution is 2.21. The standard InChI is InChI=1S/C13H14N2O3/c1-15(2)10-6-4-9(5-7-10)13-14-11(17-3)8-12(16)18-13/h4-8H,1-3H3. The number of anilines is 1. The minimum absolute atomic E-state index is 0.248. The van der Waals surface area contributed by atoms with Crippen molar-refractivity contribution >= 4 is 5.69 Å². The average Bonchev–Trinajstić information content (AvgIpc) is 2.38. The van der Waals surface area contributed by atoms with Gasteiger partial charge in [-0.2, -0.15) is 4.98 Å². The van der Waals surface area contributed by atoms with Crippen LogP contribution < -0.4 is 15.3 Å². The summed E-state index contributed by atoms with van der Waals surface area (Å²) in [6, 6.07) is 8.75. The van der Waals surface area contributed by atoms with Crippen LogP contribution in [0.25, 0.3) is 11.5 Å². The molecule has 0 amide bonds. The minimum Gasteiger partial charge on any atom is -0.481 e. The van der Waals surface area contributed by atoms with Crippen molar-refractivity contribution in [3.63, 3.8) is 0 Å². The third-order valence-corrected chi connectivity index (χ3v) is 2.49. The number of nitrogens with zero attached hydrogens (tertiary/aromatic N) is 2. The normalized spacial score (nSPS) is 10.2. The molecule has 18 heavy (non-hydrogen) atoms. The highest BCUT2D eigenvalue weighted by Gasteiger charge is 2.07. The Morgan fingerprint density at radius 1 is 1.22 bits per heavy atom. The second-order valence-corrected chi connectivity index (χ2v) is 3.97. The molecule has 0 aliphatic rings. The first-order valence-electron chi connectivity index (χ1n) is 5.44. The summed E-state index contributed by atoms with van der Waals surface area (Å²) in [5, 5.41) is 0. The van der Waals surface area contributed by atoms with Gasteiger partial charge in [0.05, 0.1) is 13.2 Å². The number of aromatic nitrogens is 1. The Balaban J connectivity index is 2.42. The maximum Gasteiger partial charge on any atom is 0.342 e. The van der Waals surface area contributed by atoms with Crippen LogP contribution in [0.3, 0.4) is 0 Å². The summed E-state index contributed by atoms with van der Waals surface area (Å²) in [5.41, 5.74) is 1.31. The van der Waals surface area contributed by atoms with Crippen LogP contribution in [0.2, 0.25) is 0 Å². The molecular weight excluding hydrogens is 232 g/mol. The second kappa shape index (κ2) is 4.91. The Morgan fingerprint density at radius 2 is 1.89 bits per heavy atom. The molecule has 0 saturated heterocycles. The Hall–Kier alpha value is -2.30. The topological polar surface area (TPSA) is 55.6 Å². The van der Waals surface area contributed by atoms with E-state index in [2.05, 4.69) is 4.98 Å². The molecule has 2 aromatic rings. The lowest BCUT2D eigenvalue weighted by molar-refractivity contribution is 0.381. The molecule has 94 valence electrons. The summed E-state index contributed by atoms with van der Waals surface area (Å²) in [6.45, 7) is 0. The van der Waals surface area contributed by atoms with Gasteiger partial charge >= 0.3 is 5.63 Å². The van der Waals surface area contributed by atoms with Crippen molar-refractivity contribution in [2.24, 2.45) is 0 Å². The van der Waals surface area contributed by atoms with E-state index in [9.17, 15) is 4.79 Å². The first-order chi connectivity index (χ1) is 8.60. The van der Waals surface area contributed by atoms with E-state index >= 15 is 0 Å². The smallest absolute Gasteiger partial charge is 0.342 e. The third kappa shape index (κ3) is 2.51. The van der Waals surface area contributed by atoms with Crippen molar-refractivity contribution in [3.05, 3.63) is 40.8 Å². The van der Waals surface area contributed by atoms with Gasteiger partial charge in [0.2, 0.25) is 11.8 Å². The molecule has 0 unspecified atom stereocenters. The van der Waals surface area contributed by atoms with E-state index in [1.165, 1.54) is 13.2 Å². The van der Waals surface area contributed by atoms with Crippen LogP contribution in [0, 0.1) is 0 Å². The van der Waals surface area contributed by atoms with Gasteiger partial charge in [-0.05, 0) is 24.3 Å². The maximum atomic E-state index is 11.3. The summed E-state index contributed by atoms with van der Waals surface area (Å²) in [5.74, 6) is 0.502. The van der Waals surface area contributed by atoms with Gasteiger partial charge in [0.25, 0.3) is 0 Å². The Labute approximate surface area is 105 Å². The van der Waals surface area contributed by atoms with Crippen LogP contribution >= 0.6 is 0 Å². The van der Waals surface area contributed by atoms with Crippen LogP contribution in [0.1, 0.15) is 0 Å². The Bertz CT molecular complexity index is 588. The van der Waals surface area contributed by atoms with Crippen molar-refractivity contribution in [3.8, 4) is 17.3 Å². The monoisotopic (exact) mass is 246 g/mol. The molecule has 0 saturated carbocycles. The number of methoxy groups -OCH3 is 1. The molecule has 0 N–H and O–H groups in total. The molecule has 0 radical (unpaired) electrons. The van der Waals surface area contributed by atoms with Crippen molar-refractivity contribution in [2.45, 2.75) is 0 Å². The summed E-state index contributed by atoms with van der Waals surface area (Å²) in [6.07, 6.45) is 0. The van der Waals surface area contributed by atoms with E-state index in [0.29, 0.717) is 0 Å². The van der Waals surface area contributed by atoms with Gasteiger partial charge in [-0.25, -0.2) is 4.79 Å². The molecule has 0 bridgehead atoms. The van der Waals surface area contributed by atoms with Gasteiger partial charge in [-0.3, -0.25) is 0 Å². The molecule has 0 atom stereocenters. The zero-order valence-corrected chi connectivity index (χ0v) is 10.5. The first-order valence-corrected chi connectivity index (χ1v) is 5.44. The Morgan fingerprint density at radius 3 is 2.44 bits per heavy atom. The second-order valence-electron chi connectivity index (χ2n) is 3.97. The number of benzene rings is 1. The van der Waals surface area contributed by atoms with E-state index in [0.717, 1.165) is 11.3 Å². The lowest BCUT2D eigenvalue weighted by Gasteiger charge is -2.12. The molecule has 0 spiro atoms. The fourth-order valence-electron chi connectivity index (χ4n) is 1.51. The number of rotatable bonds is 3. The molecule has 1 aromatic heterocycles. The van der Waals surface area contributed by atoms with Crippen molar-refractivity contribution in [2.75, 3.05) is 26.1 Å². The third-order valence-electron chi connectivity index (χ3n) is 2.49. The van der Waals surface area contributed by atoms with Crippen LogP contribution in [-0.4, -0.2) is 26.2 Å². The van der Waals surface area contributed by atoms with Crippen LogP contribution in [0.15, 0.2) is 39.5 Å². The van der Waals surface area contributed by atoms with E-state index in [1.807, 2.05) is 43.3 Å². The van der Waals surface area contributed by atoms with Crippen LogP contribution in [-0.2, 0) is 0 Å². The molecule has 1 aromatic carbocycles. The molecule has 0 aliphatic carbocycles. The lowest BCUT2D eigenvalue weighted by Crippen LogP contribution is -2.08. The first kappa shape index (κ1) is 12.2. The molecule has 0 fully saturated rings. The van der Waals surface area contributed by atoms with Crippen molar-refractivity contribution in [1.29, 1.82) is 0 Å². The van der Waals surface area contributed by atoms with Crippen molar-refractivity contribution in [1.82, 2.24) is 4.98 Å². The van der Waals surface area contributed by atoms with Crippen LogP contribution in [0.4, 0.5) is 5.69 Å². The van der Waals surface area contributed by atoms with Gasteiger partial charge in [-0.1, -0.05) is 0 Å². The molecule has 1 heterocycles. The van der Waals surface area contributed by atoms with Gasteiger partial charge in [0, 0.05) is 25.3 Å². The summed E-state index contributed by atoms with van der Waals surface area (Å²) < 4.78 is 9.99. The fourth-order valence-corrected chi connectivity index (χ4v) is 1.51. The SMILES string of the molecule is COc1cc(=O)oc(-c2ccc(N(C)C)cc2)n1. The Kier molecular flexibility index (Phi) is 3.32. The van der Waals surface area contributed by atoms with Gasteiger partial charge in [0.15, 0.2) is 0 Å². The predicted molar refractivity (Wildman–Crippen MR) is 69.1 cm³/mol. The summed E-state index contributed by atoms with van der Waals surface area (Å²) >= 11 is 0. The predicted octanol–water partition coefficient (Wildman–Crippen LogP) is 1.78. The quantitative estimate of drug-likeness (QED) is 0.826. The minimum atomic E-state index is -0.478. The fraction of sp³-hybridized carbons (Fsp3) is 0.231. The molecule has 5 heteroatoms. The maximum absolute atomic E-state index is 11.3. The molecular formula is C13H14N2O3. The highest BCUT2D eigenvalue weighted by atomic mass is 16.5. The van der Waals surface area contributed by atoms with E-state index < -0.39 is 5.63 Å².